The lowest BCUT2D eigenvalue weighted by atomic mass is 10.1. The Morgan fingerprint density at radius 1 is 1.17 bits per heavy atom. The molecule has 1 saturated heterocycles. The number of aryl methyl sites for hydroxylation is 2. The van der Waals surface area contributed by atoms with Crippen LogP contribution in [0.15, 0.2) is 54.9 Å². The van der Waals surface area contributed by atoms with Crippen molar-refractivity contribution in [1.82, 2.24) is 14.5 Å². The summed E-state index contributed by atoms with van der Waals surface area (Å²) in [7, 11) is 1.64. The number of nitrogens with zero attached hydrogens (tertiary/aromatic N) is 3. The van der Waals surface area contributed by atoms with Crippen molar-refractivity contribution in [2.75, 3.05) is 46.6 Å². The molecule has 1 aliphatic heterocycles. The number of rotatable bonds is 11. The van der Waals surface area contributed by atoms with Gasteiger partial charge < -0.3 is 28.6 Å². The van der Waals surface area contributed by atoms with Crippen LogP contribution in [-0.4, -0.2) is 71.8 Å². The number of methoxy groups -OCH3 is 1. The largest absolute Gasteiger partial charge is 0.493 e. The SMILES string of the molecule is COc1ccc(CN2CCOC[C@](O)(COc3cccc(Cl)c3)C2)cc1OCCCn1ccnc1C. The summed E-state index contributed by atoms with van der Waals surface area (Å²) in [4.78, 5) is 6.42. The third-order valence-electron chi connectivity index (χ3n) is 6.10. The summed E-state index contributed by atoms with van der Waals surface area (Å²) in [5.74, 6) is 3.02. The van der Waals surface area contributed by atoms with Crippen LogP contribution in [0.3, 0.4) is 0 Å². The van der Waals surface area contributed by atoms with E-state index in [-0.39, 0.29) is 13.2 Å². The van der Waals surface area contributed by atoms with E-state index < -0.39 is 5.60 Å². The van der Waals surface area contributed by atoms with Crippen LogP contribution in [0.5, 0.6) is 17.2 Å². The van der Waals surface area contributed by atoms with Crippen molar-refractivity contribution in [3.63, 3.8) is 0 Å². The van der Waals surface area contributed by atoms with E-state index in [0.717, 1.165) is 24.4 Å². The molecule has 1 aromatic heterocycles. The summed E-state index contributed by atoms with van der Waals surface area (Å²) in [6.07, 6.45) is 4.64. The fourth-order valence-corrected chi connectivity index (χ4v) is 4.42. The molecule has 2 aromatic carbocycles. The molecule has 1 atom stereocenters. The molecule has 4 rings (SSSR count). The van der Waals surface area contributed by atoms with Crippen LogP contribution >= 0.6 is 11.6 Å². The highest BCUT2D eigenvalue weighted by Gasteiger charge is 2.33. The predicted octanol–water partition coefficient (Wildman–Crippen LogP) is 3.96. The van der Waals surface area contributed by atoms with Gasteiger partial charge in [-0.15, -0.1) is 0 Å². The minimum absolute atomic E-state index is 0.108. The topological polar surface area (TPSA) is 78.2 Å². The Balaban J connectivity index is 1.35. The van der Waals surface area contributed by atoms with E-state index in [1.165, 1.54) is 0 Å². The lowest BCUT2D eigenvalue weighted by Gasteiger charge is -2.30. The molecule has 36 heavy (non-hydrogen) atoms. The molecular weight excluding hydrogens is 482 g/mol. The smallest absolute Gasteiger partial charge is 0.161 e. The Morgan fingerprint density at radius 3 is 2.83 bits per heavy atom. The van der Waals surface area contributed by atoms with Gasteiger partial charge in [-0.2, -0.15) is 0 Å². The van der Waals surface area contributed by atoms with Gasteiger partial charge in [-0.25, -0.2) is 4.98 Å². The zero-order valence-corrected chi connectivity index (χ0v) is 21.6. The molecule has 1 fully saturated rings. The van der Waals surface area contributed by atoms with Crippen LogP contribution in [0, 0.1) is 6.92 Å². The Hall–Kier alpha value is -2.78. The fourth-order valence-electron chi connectivity index (χ4n) is 4.24. The average molecular weight is 516 g/mol. The van der Waals surface area contributed by atoms with Gasteiger partial charge in [0.1, 0.15) is 23.8 Å². The Kier molecular flexibility index (Phi) is 9.09. The van der Waals surface area contributed by atoms with Crippen molar-refractivity contribution >= 4 is 11.6 Å². The second kappa shape index (κ2) is 12.5. The first-order chi connectivity index (χ1) is 17.4. The zero-order chi connectivity index (χ0) is 25.4. The number of aromatic nitrogens is 2. The maximum Gasteiger partial charge on any atom is 0.161 e. The normalized spacial score (nSPS) is 18.6. The van der Waals surface area contributed by atoms with Crippen molar-refractivity contribution in [3.05, 3.63) is 71.3 Å². The van der Waals surface area contributed by atoms with Gasteiger partial charge in [0.25, 0.3) is 0 Å². The third kappa shape index (κ3) is 7.36. The number of benzene rings is 2. The quantitative estimate of drug-likeness (QED) is 0.387. The number of ether oxygens (including phenoxy) is 4. The maximum atomic E-state index is 11.2. The van der Waals surface area contributed by atoms with E-state index in [1.807, 2.05) is 43.5 Å². The van der Waals surface area contributed by atoms with E-state index in [4.69, 9.17) is 30.5 Å². The highest BCUT2D eigenvalue weighted by molar-refractivity contribution is 6.30. The minimum atomic E-state index is -1.14. The molecule has 1 N–H and O–H groups in total. The summed E-state index contributed by atoms with van der Waals surface area (Å²) < 4.78 is 25.2. The number of aliphatic hydroxyl groups is 1. The zero-order valence-electron chi connectivity index (χ0n) is 20.9. The molecule has 2 heterocycles. The molecule has 0 saturated carbocycles. The van der Waals surface area contributed by atoms with Crippen LogP contribution in [0.1, 0.15) is 17.8 Å². The van der Waals surface area contributed by atoms with E-state index in [1.54, 1.807) is 25.4 Å². The van der Waals surface area contributed by atoms with E-state index >= 15 is 0 Å². The van der Waals surface area contributed by atoms with Crippen LogP contribution in [0.2, 0.25) is 5.02 Å². The summed E-state index contributed by atoms with van der Waals surface area (Å²) in [5.41, 5.74) is -0.0768. The molecular formula is C27H34ClN3O5. The highest BCUT2D eigenvalue weighted by Crippen LogP contribution is 2.29. The lowest BCUT2D eigenvalue weighted by Crippen LogP contribution is -2.48. The van der Waals surface area contributed by atoms with E-state index in [0.29, 0.717) is 55.1 Å². The number of β-amino-alcohol motifs (C(OH)–C–C–N with tert-alkyl or cyclic N) is 1. The standard InChI is InChI=1S/C27H34ClN3O5/c1-21-29-9-11-31(21)10-4-13-35-26-15-22(7-8-25(26)33-2)17-30-12-14-34-19-27(32,18-30)20-36-24-6-3-5-23(28)16-24/h3,5-9,11,15-16,32H,4,10,12-14,17-20H2,1-2H3/t27-/m0/s1. The number of halogens is 1. The number of imidazole rings is 1. The molecule has 0 aliphatic carbocycles. The minimum Gasteiger partial charge on any atom is -0.493 e. The molecule has 1 aliphatic rings. The van der Waals surface area contributed by atoms with Crippen LogP contribution in [-0.2, 0) is 17.8 Å². The van der Waals surface area contributed by atoms with Gasteiger partial charge in [0.15, 0.2) is 11.5 Å². The van der Waals surface area contributed by atoms with Crippen LogP contribution < -0.4 is 14.2 Å². The van der Waals surface area contributed by atoms with Gasteiger partial charge in [0, 0.05) is 43.6 Å². The van der Waals surface area contributed by atoms with Crippen molar-refractivity contribution < 1.29 is 24.1 Å². The van der Waals surface area contributed by atoms with Crippen molar-refractivity contribution in [2.24, 2.45) is 0 Å². The van der Waals surface area contributed by atoms with E-state index in [9.17, 15) is 5.11 Å². The molecule has 194 valence electrons. The molecule has 9 heteroatoms. The third-order valence-corrected chi connectivity index (χ3v) is 6.34. The van der Waals surface area contributed by atoms with Gasteiger partial charge in [-0.05, 0) is 49.2 Å². The Morgan fingerprint density at radius 2 is 2.06 bits per heavy atom. The van der Waals surface area contributed by atoms with Crippen LogP contribution in [0.4, 0.5) is 0 Å². The monoisotopic (exact) mass is 515 g/mol. The number of hydrogen-bond donors (Lipinski definition) is 1. The average Bonchev–Trinajstić information content (AvgIpc) is 3.18. The fraction of sp³-hybridized carbons (Fsp3) is 0.444. The van der Waals surface area contributed by atoms with Gasteiger partial charge in [0.05, 0.1) is 26.9 Å². The molecule has 0 bridgehead atoms. The highest BCUT2D eigenvalue weighted by atomic mass is 35.5. The Bertz CT molecular complexity index is 1120. The molecule has 3 aromatic rings. The summed E-state index contributed by atoms with van der Waals surface area (Å²) in [5, 5.41) is 11.8. The lowest BCUT2D eigenvalue weighted by molar-refractivity contribution is -0.0646. The first kappa shape index (κ1) is 26.3. The molecule has 0 amide bonds. The van der Waals surface area contributed by atoms with Crippen molar-refractivity contribution in [1.29, 1.82) is 0 Å². The predicted molar refractivity (Wildman–Crippen MR) is 138 cm³/mol. The van der Waals surface area contributed by atoms with Crippen molar-refractivity contribution in [2.45, 2.75) is 32.0 Å². The molecule has 0 spiro atoms. The van der Waals surface area contributed by atoms with Gasteiger partial charge >= 0.3 is 0 Å². The number of hydrogen-bond acceptors (Lipinski definition) is 7. The van der Waals surface area contributed by atoms with E-state index in [2.05, 4.69) is 14.5 Å². The van der Waals surface area contributed by atoms with Crippen LogP contribution in [0.25, 0.3) is 0 Å². The maximum absolute atomic E-state index is 11.2. The molecule has 0 radical (unpaired) electrons. The second-order valence-electron chi connectivity index (χ2n) is 9.09. The summed E-state index contributed by atoms with van der Waals surface area (Å²) >= 11 is 6.05. The van der Waals surface area contributed by atoms with Gasteiger partial charge in [-0.1, -0.05) is 23.7 Å². The summed E-state index contributed by atoms with van der Waals surface area (Å²) in [6.45, 7) is 6.00. The van der Waals surface area contributed by atoms with Gasteiger partial charge in [0.2, 0.25) is 0 Å². The molecule has 8 nitrogen and oxygen atoms in total. The second-order valence-corrected chi connectivity index (χ2v) is 9.53. The molecule has 0 unspecified atom stereocenters. The first-order valence-electron chi connectivity index (χ1n) is 12.1. The van der Waals surface area contributed by atoms with Gasteiger partial charge in [-0.3, -0.25) is 4.90 Å². The van der Waals surface area contributed by atoms with Crippen molar-refractivity contribution in [3.8, 4) is 17.2 Å². The summed E-state index contributed by atoms with van der Waals surface area (Å²) in [6, 6.07) is 13.1. The Labute approximate surface area is 217 Å². The first-order valence-corrected chi connectivity index (χ1v) is 12.5.